The topological polar surface area (TPSA) is 77.0 Å². The van der Waals surface area contributed by atoms with Crippen LogP contribution in [0.25, 0.3) is 0 Å². The van der Waals surface area contributed by atoms with Crippen molar-refractivity contribution in [1.29, 1.82) is 0 Å². The minimum absolute atomic E-state index is 0.140. The highest BCUT2D eigenvalue weighted by atomic mass is 16.5. The third-order valence-electron chi connectivity index (χ3n) is 4.62. The van der Waals surface area contributed by atoms with Gasteiger partial charge in [0, 0.05) is 18.2 Å². The van der Waals surface area contributed by atoms with E-state index in [4.69, 9.17) is 9.63 Å². The molecule has 0 spiro atoms. The van der Waals surface area contributed by atoms with Crippen LogP contribution in [0.5, 0.6) is 0 Å². The fourth-order valence-electron chi connectivity index (χ4n) is 3.34. The third kappa shape index (κ3) is 3.06. The molecule has 1 aliphatic rings. The largest absolute Gasteiger partial charge is 0.396 e. The van der Waals surface area contributed by atoms with Gasteiger partial charge in [-0.15, -0.1) is 0 Å². The van der Waals surface area contributed by atoms with E-state index >= 15 is 0 Å². The summed E-state index contributed by atoms with van der Waals surface area (Å²) >= 11 is 0. The van der Waals surface area contributed by atoms with Gasteiger partial charge < -0.3 is 9.63 Å². The van der Waals surface area contributed by atoms with Gasteiger partial charge in [-0.25, -0.2) is 0 Å². The monoisotopic (exact) mass is 304 g/mol. The minimum atomic E-state index is 0.140. The smallest absolute Gasteiger partial charge is 0.229 e. The van der Waals surface area contributed by atoms with Gasteiger partial charge in [0.15, 0.2) is 5.82 Å². The SMILES string of the molecule is Cc1nn(Cc2noc(C3CCCCC3)n2)c(C)c1CCO. The van der Waals surface area contributed by atoms with Crippen LogP contribution >= 0.6 is 0 Å². The molecule has 2 aromatic rings. The van der Waals surface area contributed by atoms with Gasteiger partial charge in [0.05, 0.1) is 5.69 Å². The maximum atomic E-state index is 9.14. The molecule has 1 aliphatic carbocycles. The summed E-state index contributed by atoms with van der Waals surface area (Å²) < 4.78 is 7.36. The highest BCUT2D eigenvalue weighted by molar-refractivity contribution is 5.25. The lowest BCUT2D eigenvalue weighted by molar-refractivity contribution is 0.299. The molecule has 0 unspecified atom stereocenters. The number of hydrogen-bond acceptors (Lipinski definition) is 5. The first-order valence-electron chi connectivity index (χ1n) is 8.15. The normalized spacial score (nSPS) is 16.3. The Bertz CT molecular complexity index is 626. The molecule has 2 aromatic heterocycles. The maximum Gasteiger partial charge on any atom is 0.229 e. The van der Waals surface area contributed by atoms with Crippen molar-refractivity contribution in [2.45, 2.75) is 64.8 Å². The Kier molecular flexibility index (Phi) is 4.57. The number of aromatic nitrogens is 4. The molecular formula is C16H24N4O2. The molecule has 1 N–H and O–H groups in total. The first-order valence-corrected chi connectivity index (χ1v) is 8.15. The zero-order chi connectivity index (χ0) is 15.5. The van der Waals surface area contributed by atoms with Crippen LogP contribution in [0.15, 0.2) is 4.52 Å². The molecule has 2 heterocycles. The standard InChI is InChI=1S/C16H24N4O2/c1-11-14(8-9-21)12(2)20(18-11)10-15-17-16(22-19-15)13-6-4-3-5-7-13/h13,21H,3-10H2,1-2H3. The Morgan fingerprint density at radius 3 is 2.73 bits per heavy atom. The van der Waals surface area contributed by atoms with E-state index in [1.807, 2.05) is 18.5 Å². The first kappa shape index (κ1) is 15.2. The molecule has 0 saturated heterocycles. The van der Waals surface area contributed by atoms with E-state index in [-0.39, 0.29) is 6.61 Å². The van der Waals surface area contributed by atoms with E-state index in [1.54, 1.807) is 0 Å². The summed E-state index contributed by atoms with van der Waals surface area (Å²) in [7, 11) is 0. The summed E-state index contributed by atoms with van der Waals surface area (Å²) in [5.41, 5.74) is 3.14. The highest BCUT2D eigenvalue weighted by Crippen LogP contribution is 2.31. The summed E-state index contributed by atoms with van der Waals surface area (Å²) in [6, 6.07) is 0. The van der Waals surface area contributed by atoms with Crippen molar-refractivity contribution in [3.05, 3.63) is 28.7 Å². The Labute approximate surface area is 130 Å². The molecule has 0 atom stereocenters. The molecular weight excluding hydrogens is 280 g/mol. The van der Waals surface area contributed by atoms with E-state index in [1.165, 1.54) is 19.3 Å². The molecule has 3 rings (SSSR count). The Balaban J connectivity index is 1.73. The fraction of sp³-hybridized carbons (Fsp3) is 0.688. The predicted molar refractivity (Wildman–Crippen MR) is 81.7 cm³/mol. The van der Waals surface area contributed by atoms with Gasteiger partial charge in [-0.2, -0.15) is 10.1 Å². The van der Waals surface area contributed by atoms with E-state index < -0.39 is 0 Å². The number of nitrogens with zero attached hydrogens (tertiary/aromatic N) is 4. The Morgan fingerprint density at radius 2 is 2.00 bits per heavy atom. The molecule has 0 aromatic carbocycles. The highest BCUT2D eigenvalue weighted by Gasteiger charge is 2.22. The quantitative estimate of drug-likeness (QED) is 0.918. The van der Waals surface area contributed by atoms with Crippen molar-refractivity contribution in [2.75, 3.05) is 6.61 Å². The maximum absolute atomic E-state index is 9.14. The van der Waals surface area contributed by atoms with Crippen molar-refractivity contribution < 1.29 is 9.63 Å². The van der Waals surface area contributed by atoms with Crippen molar-refractivity contribution in [3.63, 3.8) is 0 Å². The average molecular weight is 304 g/mol. The lowest BCUT2D eigenvalue weighted by atomic mass is 9.89. The molecule has 1 fully saturated rings. The minimum Gasteiger partial charge on any atom is -0.396 e. The van der Waals surface area contributed by atoms with Crippen LogP contribution in [0.2, 0.25) is 0 Å². The summed E-state index contributed by atoms with van der Waals surface area (Å²) in [5.74, 6) is 1.90. The van der Waals surface area contributed by atoms with Crippen molar-refractivity contribution in [3.8, 4) is 0 Å². The number of rotatable bonds is 5. The van der Waals surface area contributed by atoms with Gasteiger partial charge in [-0.1, -0.05) is 24.4 Å². The van der Waals surface area contributed by atoms with Gasteiger partial charge in [0.1, 0.15) is 6.54 Å². The molecule has 6 heteroatoms. The van der Waals surface area contributed by atoms with Crippen LogP contribution in [0.1, 0.15) is 66.7 Å². The number of aliphatic hydroxyl groups excluding tert-OH is 1. The number of hydrogen-bond donors (Lipinski definition) is 1. The van der Waals surface area contributed by atoms with Crippen molar-refractivity contribution in [2.24, 2.45) is 0 Å². The molecule has 1 saturated carbocycles. The van der Waals surface area contributed by atoms with E-state index in [9.17, 15) is 0 Å². The van der Waals surface area contributed by atoms with Crippen LogP contribution in [0, 0.1) is 13.8 Å². The van der Waals surface area contributed by atoms with E-state index in [0.717, 1.165) is 35.7 Å². The molecule has 6 nitrogen and oxygen atoms in total. The van der Waals surface area contributed by atoms with Gasteiger partial charge >= 0.3 is 0 Å². The second kappa shape index (κ2) is 6.60. The number of aliphatic hydroxyl groups is 1. The lowest BCUT2D eigenvalue weighted by Crippen LogP contribution is -2.07. The van der Waals surface area contributed by atoms with Crippen LogP contribution in [-0.4, -0.2) is 31.6 Å². The third-order valence-corrected chi connectivity index (χ3v) is 4.62. The van der Waals surface area contributed by atoms with E-state index in [2.05, 4.69) is 15.2 Å². The van der Waals surface area contributed by atoms with Gasteiger partial charge in [0.25, 0.3) is 0 Å². The molecule has 0 bridgehead atoms. The Hall–Kier alpha value is -1.69. The second-order valence-corrected chi connectivity index (χ2v) is 6.16. The molecule has 120 valence electrons. The summed E-state index contributed by atoms with van der Waals surface area (Å²) in [6.45, 7) is 4.65. The molecule has 0 radical (unpaired) electrons. The zero-order valence-corrected chi connectivity index (χ0v) is 13.4. The zero-order valence-electron chi connectivity index (χ0n) is 13.4. The fourth-order valence-corrected chi connectivity index (χ4v) is 3.34. The molecule has 22 heavy (non-hydrogen) atoms. The van der Waals surface area contributed by atoms with Gasteiger partial charge in [-0.3, -0.25) is 4.68 Å². The Morgan fingerprint density at radius 1 is 1.23 bits per heavy atom. The average Bonchev–Trinajstić information content (AvgIpc) is 3.09. The van der Waals surface area contributed by atoms with Crippen LogP contribution < -0.4 is 0 Å². The van der Waals surface area contributed by atoms with Crippen LogP contribution in [0.4, 0.5) is 0 Å². The number of aryl methyl sites for hydroxylation is 1. The summed E-state index contributed by atoms with van der Waals surface area (Å²) in [4.78, 5) is 4.57. The summed E-state index contributed by atoms with van der Waals surface area (Å²) in [5, 5.41) is 17.8. The van der Waals surface area contributed by atoms with Gasteiger partial charge in [-0.05, 0) is 38.7 Å². The summed E-state index contributed by atoms with van der Waals surface area (Å²) in [6.07, 6.45) is 6.77. The predicted octanol–water partition coefficient (Wildman–Crippen LogP) is 2.51. The van der Waals surface area contributed by atoms with Gasteiger partial charge in [0.2, 0.25) is 5.89 Å². The molecule has 0 aliphatic heterocycles. The van der Waals surface area contributed by atoms with Crippen LogP contribution in [0.3, 0.4) is 0 Å². The van der Waals surface area contributed by atoms with Crippen molar-refractivity contribution >= 4 is 0 Å². The van der Waals surface area contributed by atoms with E-state index in [0.29, 0.717) is 24.7 Å². The van der Waals surface area contributed by atoms with Crippen LogP contribution in [-0.2, 0) is 13.0 Å². The lowest BCUT2D eigenvalue weighted by Gasteiger charge is -2.17. The first-order chi connectivity index (χ1) is 10.7. The molecule has 0 amide bonds. The van der Waals surface area contributed by atoms with Crippen molar-refractivity contribution in [1.82, 2.24) is 19.9 Å². The second-order valence-electron chi connectivity index (χ2n) is 6.16.